The van der Waals surface area contributed by atoms with E-state index < -0.39 is 0 Å². The molecule has 0 atom stereocenters. The van der Waals surface area contributed by atoms with Gasteiger partial charge in [0, 0.05) is 16.1 Å². The molecule has 174 valence electrons. The number of aryl methyl sites for hydroxylation is 1. The Hall–Kier alpha value is -3.15. The number of para-hydroxylation sites is 1. The summed E-state index contributed by atoms with van der Waals surface area (Å²) in [6.07, 6.45) is 1.55. The Morgan fingerprint density at radius 3 is 2.59 bits per heavy atom. The van der Waals surface area contributed by atoms with E-state index in [0.717, 1.165) is 22.4 Å². The van der Waals surface area contributed by atoms with E-state index in [1.54, 1.807) is 30.5 Å². The normalized spacial score (nSPS) is 11.6. The maximum Gasteiger partial charge on any atom is 0.282 e. The highest BCUT2D eigenvalue weighted by molar-refractivity contribution is 6.36. The Balaban J connectivity index is 1.98. The molecule has 1 aromatic heterocycles. The second-order valence-electron chi connectivity index (χ2n) is 8.27. The molecule has 4 rings (SSSR count). The van der Waals surface area contributed by atoms with Gasteiger partial charge in [-0.3, -0.25) is 4.79 Å². The molecule has 0 aliphatic heterocycles. The van der Waals surface area contributed by atoms with Crippen LogP contribution < -0.4 is 10.3 Å². The maximum absolute atomic E-state index is 13.5. The zero-order valence-corrected chi connectivity index (χ0v) is 21.0. The smallest absolute Gasteiger partial charge is 0.282 e. The van der Waals surface area contributed by atoms with Crippen LogP contribution in [0.15, 0.2) is 64.5 Å². The molecular formula is C27H25Cl2N3O2. The second-order valence-corrected chi connectivity index (χ2v) is 9.12. The summed E-state index contributed by atoms with van der Waals surface area (Å²) in [6, 6.07) is 16.4. The van der Waals surface area contributed by atoms with Crippen LogP contribution in [-0.2, 0) is 0 Å². The fourth-order valence-electron chi connectivity index (χ4n) is 3.80. The van der Waals surface area contributed by atoms with Gasteiger partial charge in [0.15, 0.2) is 5.82 Å². The van der Waals surface area contributed by atoms with Gasteiger partial charge in [0.2, 0.25) is 0 Å². The lowest BCUT2D eigenvalue weighted by atomic mass is 9.96. The summed E-state index contributed by atoms with van der Waals surface area (Å²) in [5, 5.41) is 5.98. The average Bonchev–Trinajstić information content (AvgIpc) is 2.79. The van der Waals surface area contributed by atoms with Crippen molar-refractivity contribution in [3.63, 3.8) is 0 Å². The van der Waals surface area contributed by atoms with E-state index in [4.69, 9.17) is 32.9 Å². The van der Waals surface area contributed by atoms with Gasteiger partial charge < -0.3 is 4.74 Å². The summed E-state index contributed by atoms with van der Waals surface area (Å²) in [5.41, 5.74) is 3.78. The van der Waals surface area contributed by atoms with Crippen molar-refractivity contribution in [2.45, 2.75) is 33.6 Å². The molecule has 5 nitrogen and oxygen atoms in total. The zero-order chi connectivity index (χ0) is 24.4. The molecule has 0 spiro atoms. The summed E-state index contributed by atoms with van der Waals surface area (Å²) in [4.78, 5) is 18.4. The highest BCUT2D eigenvalue weighted by atomic mass is 35.5. The molecule has 0 radical (unpaired) electrons. The van der Waals surface area contributed by atoms with Crippen LogP contribution >= 0.6 is 23.2 Å². The predicted octanol–water partition coefficient (Wildman–Crippen LogP) is 7.08. The first-order valence-corrected chi connectivity index (χ1v) is 11.8. The van der Waals surface area contributed by atoms with Crippen LogP contribution in [0.1, 0.15) is 43.4 Å². The van der Waals surface area contributed by atoms with E-state index in [9.17, 15) is 4.79 Å². The van der Waals surface area contributed by atoms with E-state index >= 15 is 0 Å². The minimum Gasteiger partial charge on any atom is -0.494 e. The molecule has 0 aliphatic rings. The van der Waals surface area contributed by atoms with Crippen LogP contribution in [0.2, 0.25) is 10.0 Å². The lowest BCUT2D eigenvalue weighted by molar-refractivity contribution is 0.335. The van der Waals surface area contributed by atoms with E-state index in [1.165, 1.54) is 4.68 Å². The predicted molar refractivity (Wildman–Crippen MR) is 141 cm³/mol. The fraction of sp³-hybridized carbons (Fsp3) is 0.222. The second kappa shape index (κ2) is 10.00. The lowest BCUT2D eigenvalue weighted by Gasteiger charge is -2.18. The van der Waals surface area contributed by atoms with Crippen LogP contribution in [0.25, 0.3) is 22.3 Å². The molecule has 0 amide bonds. The van der Waals surface area contributed by atoms with Gasteiger partial charge in [-0.1, -0.05) is 55.2 Å². The van der Waals surface area contributed by atoms with Gasteiger partial charge in [0.05, 0.1) is 28.7 Å². The van der Waals surface area contributed by atoms with Crippen LogP contribution in [0.5, 0.6) is 5.75 Å². The number of benzene rings is 3. The Bertz CT molecular complexity index is 1460. The zero-order valence-electron chi connectivity index (χ0n) is 19.5. The number of halogens is 2. The average molecular weight is 494 g/mol. The van der Waals surface area contributed by atoms with E-state index in [-0.39, 0.29) is 11.5 Å². The van der Waals surface area contributed by atoms with Gasteiger partial charge >= 0.3 is 0 Å². The first kappa shape index (κ1) is 24.0. The molecule has 0 saturated carbocycles. The van der Waals surface area contributed by atoms with Crippen molar-refractivity contribution in [2.75, 3.05) is 6.61 Å². The van der Waals surface area contributed by atoms with Crippen LogP contribution in [0, 0.1) is 6.92 Å². The molecule has 7 heteroatoms. The topological polar surface area (TPSA) is 56.5 Å². The Morgan fingerprint density at radius 1 is 1.12 bits per heavy atom. The van der Waals surface area contributed by atoms with Gasteiger partial charge in [0.1, 0.15) is 5.75 Å². The maximum atomic E-state index is 13.5. The number of hydrogen-bond donors (Lipinski definition) is 0. The number of aromatic nitrogens is 2. The number of rotatable bonds is 6. The summed E-state index contributed by atoms with van der Waals surface area (Å²) in [6.45, 7) is 8.74. The van der Waals surface area contributed by atoms with Gasteiger partial charge in [-0.05, 0) is 67.3 Å². The van der Waals surface area contributed by atoms with Gasteiger partial charge in [0.25, 0.3) is 5.56 Å². The van der Waals surface area contributed by atoms with Crippen molar-refractivity contribution in [1.29, 1.82) is 0 Å². The number of fused-ring (bicyclic) bond motifs is 1. The fourth-order valence-corrected chi connectivity index (χ4v) is 4.26. The quantitative estimate of drug-likeness (QED) is 0.269. The first-order valence-electron chi connectivity index (χ1n) is 11.1. The largest absolute Gasteiger partial charge is 0.494 e. The minimum absolute atomic E-state index is 0.220. The Morgan fingerprint density at radius 2 is 1.88 bits per heavy atom. The molecule has 1 heterocycles. The van der Waals surface area contributed by atoms with Crippen molar-refractivity contribution in [1.82, 2.24) is 9.66 Å². The summed E-state index contributed by atoms with van der Waals surface area (Å²) in [7, 11) is 0. The molecule has 0 fully saturated rings. The number of nitrogens with zero attached hydrogens (tertiary/aromatic N) is 3. The van der Waals surface area contributed by atoms with E-state index in [0.29, 0.717) is 38.9 Å². The minimum atomic E-state index is -0.263. The Labute approximate surface area is 208 Å². The molecule has 0 aliphatic carbocycles. The van der Waals surface area contributed by atoms with Crippen molar-refractivity contribution in [3.8, 4) is 17.1 Å². The van der Waals surface area contributed by atoms with Crippen LogP contribution in [0.4, 0.5) is 0 Å². The summed E-state index contributed by atoms with van der Waals surface area (Å²) >= 11 is 12.3. The highest BCUT2D eigenvalue weighted by Crippen LogP contribution is 2.34. The molecule has 0 N–H and O–H groups in total. The SMILES string of the molecule is CCOc1cc(C)c(-c2nc3ccccc3c(=O)n2N=Cc2ccc(Cl)cc2Cl)cc1C(C)C. The highest BCUT2D eigenvalue weighted by Gasteiger charge is 2.18. The lowest BCUT2D eigenvalue weighted by Crippen LogP contribution is -2.21. The molecule has 0 bridgehead atoms. The molecule has 4 aromatic rings. The van der Waals surface area contributed by atoms with Gasteiger partial charge in [-0.25, -0.2) is 4.98 Å². The van der Waals surface area contributed by atoms with Crippen LogP contribution in [0.3, 0.4) is 0 Å². The van der Waals surface area contributed by atoms with Crippen molar-refractivity contribution >= 4 is 40.3 Å². The number of ether oxygens (including phenoxy) is 1. The van der Waals surface area contributed by atoms with Gasteiger partial charge in [-0.2, -0.15) is 9.78 Å². The molecule has 0 saturated heterocycles. The molecular weight excluding hydrogens is 469 g/mol. The van der Waals surface area contributed by atoms with Crippen LogP contribution in [-0.4, -0.2) is 22.5 Å². The Kier molecular flexibility index (Phi) is 7.05. The third-order valence-electron chi connectivity index (χ3n) is 5.55. The van der Waals surface area contributed by atoms with Crippen molar-refractivity contribution in [2.24, 2.45) is 5.10 Å². The molecule has 3 aromatic carbocycles. The molecule has 34 heavy (non-hydrogen) atoms. The van der Waals surface area contributed by atoms with Crippen molar-refractivity contribution < 1.29 is 4.74 Å². The third-order valence-corrected chi connectivity index (χ3v) is 6.11. The molecule has 0 unspecified atom stereocenters. The summed E-state index contributed by atoms with van der Waals surface area (Å²) < 4.78 is 7.21. The van der Waals surface area contributed by atoms with E-state index in [1.807, 2.05) is 44.2 Å². The number of hydrogen-bond acceptors (Lipinski definition) is 4. The van der Waals surface area contributed by atoms with Crippen molar-refractivity contribution in [3.05, 3.63) is 91.7 Å². The van der Waals surface area contributed by atoms with E-state index in [2.05, 4.69) is 18.9 Å². The third kappa shape index (κ3) is 4.72. The standard InChI is InChI=1S/C27H25Cl2N3O2/c1-5-34-25-12-17(4)22(14-21(25)16(2)3)26-31-24-9-7-6-8-20(24)27(33)32(26)30-15-18-10-11-19(28)13-23(18)29/h6-16H,5H2,1-4H3. The van der Waals surface area contributed by atoms with Gasteiger partial charge in [-0.15, -0.1) is 0 Å². The first-order chi connectivity index (χ1) is 16.3. The summed E-state index contributed by atoms with van der Waals surface area (Å²) in [5.74, 6) is 1.51. The monoisotopic (exact) mass is 493 g/mol.